The maximum absolute atomic E-state index is 12.1. The van der Waals surface area contributed by atoms with Crippen LogP contribution in [0.3, 0.4) is 0 Å². The van der Waals surface area contributed by atoms with Gasteiger partial charge in [0.05, 0.1) is 6.61 Å². The molecule has 1 saturated heterocycles. The van der Waals surface area contributed by atoms with Crippen LogP contribution in [0.2, 0.25) is 5.02 Å². The SMILES string of the molecule is CCOC(=O)NCCC(=O)N1CCN(Cc2cccc(Cl)c2)CC1. The van der Waals surface area contributed by atoms with E-state index in [-0.39, 0.29) is 5.91 Å². The van der Waals surface area contributed by atoms with Crippen LogP contribution in [0.4, 0.5) is 4.79 Å². The molecular weight excluding hydrogens is 330 g/mol. The van der Waals surface area contributed by atoms with Gasteiger partial charge in [0.2, 0.25) is 5.91 Å². The highest BCUT2D eigenvalue weighted by Crippen LogP contribution is 2.14. The van der Waals surface area contributed by atoms with E-state index in [2.05, 4.69) is 16.3 Å². The zero-order valence-corrected chi connectivity index (χ0v) is 14.7. The Morgan fingerprint density at radius 3 is 2.67 bits per heavy atom. The standard InChI is InChI=1S/C17H24ClN3O3/c1-2-24-17(23)19-7-6-16(22)21-10-8-20(9-11-21)13-14-4-3-5-15(18)12-14/h3-5,12H,2,6-11,13H2,1H3,(H,19,23). The lowest BCUT2D eigenvalue weighted by Gasteiger charge is -2.34. The fraction of sp³-hybridized carbons (Fsp3) is 0.529. The van der Waals surface area contributed by atoms with Gasteiger partial charge in [-0.25, -0.2) is 4.79 Å². The van der Waals surface area contributed by atoms with E-state index in [4.69, 9.17) is 16.3 Å². The zero-order valence-electron chi connectivity index (χ0n) is 14.0. The highest BCUT2D eigenvalue weighted by atomic mass is 35.5. The van der Waals surface area contributed by atoms with Gasteiger partial charge in [0.25, 0.3) is 0 Å². The van der Waals surface area contributed by atoms with Gasteiger partial charge in [-0.1, -0.05) is 23.7 Å². The van der Waals surface area contributed by atoms with Crippen molar-refractivity contribution in [3.8, 4) is 0 Å². The highest BCUT2D eigenvalue weighted by molar-refractivity contribution is 6.30. The van der Waals surface area contributed by atoms with Gasteiger partial charge in [-0.15, -0.1) is 0 Å². The van der Waals surface area contributed by atoms with E-state index in [1.165, 1.54) is 5.56 Å². The van der Waals surface area contributed by atoms with E-state index < -0.39 is 6.09 Å². The summed E-state index contributed by atoms with van der Waals surface area (Å²) in [6, 6.07) is 7.85. The molecule has 0 bridgehead atoms. The molecule has 1 aromatic carbocycles. The number of nitrogens with zero attached hydrogens (tertiary/aromatic N) is 2. The molecule has 1 fully saturated rings. The normalized spacial score (nSPS) is 15.2. The number of hydrogen-bond donors (Lipinski definition) is 1. The quantitative estimate of drug-likeness (QED) is 0.851. The van der Waals surface area contributed by atoms with Gasteiger partial charge in [-0.05, 0) is 24.6 Å². The summed E-state index contributed by atoms with van der Waals surface area (Å²) in [5.41, 5.74) is 1.18. The second-order valence-corrected chi connectivity index (χ2v) is 6.12. The van der Waals surface area contributed by atoms with Crippen LogP contribution in [0.5, 0.6) is 0 Å². The van der Waals surface area contributed by atoms with Crippen molar-refractivity contribution < 1.29 is 14.3 Å². The summed E-state index contributed by atoms with van der Waals surface area (Å²) >= 11 is 6.01. The van der Waals surface area contributed by atoms with Gasteiger partial charge in [0.1, 0.15) is 0 Å². The van der Waals surface area contributed by atoms with Gasteiger partial charge >= 0.3 is 6.09 Å². The van der Waals surface area contributed by atoms with Gasteiger partial charge in [0.15, 0.2) is 0 Å². The molecule has 1 heterocycles. The molecule has 2 rings (SSSR count). The molecule has 0 aromatic heterocycles. The number of carbonyl (C=O) groups excluding carboxylic acids is 2. The maximum Gasteiger partial charge on any atom is 0.407 e. The molecular formula is C17H24ClN3O3. The first-order valence-corrected chi connectivity index (χ1v) is 8.61. The summed E-state index contributed by atoms with van der Waals surface area (Å²) < 4.78 is 4.76. The first kappa shape index (κ1) is 18.5. The molecule has 0 spiro atoms. The third kappa shape index (κ3) is 6.02. The Morgan fingerprint density at radius 1 is 1.25 bits per heavy atom. The average molecular weight is 354 g/mol. The smallest absolute Gasteiger partial charge is 0.407 e. The molecule has 0 unspecified atom stereocenters. The number of amides is 2. The van der Waals surface area contributed by atoms with Gasteiger partial charge in [0, 0.05) is 50.7 Å². The van der Waals surface area contributed by atoms with Crippen LogP contribution in [0, 0.1) is 0 Å². The fourth-order valence-electron chi connectivity index (χ4n) is 2.66. The molecule has 1 aliphatic rings. The largest absolute Gasteiger partial charge is 0.450 e. The summed E-state index contributed by atoms with van der Waals surface area (Å²) in [5.74, 6) is 0.0641. The Kier molecular flexibility index (Phi) is 7.34. The lowest BCUT2D eigenvalue weighted by molar-refractivity contribution is -0.132. The fourth-order valence-corrected chi connectivity index (χ4v) is 2.87. The molecule has 6 nitrogen and oxygen atoms in total. The minimum absolute atomic E-state index is 0.0641. The van der Waals surface area contributed by atoms with E-state index >= 15 is 0 Å². The molecule has 24 heavy (non-hydrogen) atoms. The number of benzene rings is 1. The number of carbonyl (C=O) groups is 2. The number of hydrogen-bond acceptors (Lipinski definition) is 4. The van der Waals surface area contributed by atoms with E-state index in [0.29, 0.717) is 32.7 Å². The van der Waals surface area contributed by atoms with Crippen LogP contribution in [-0.2, 0) is 16.1 Å². The van der Waals surface area contributed by atoms with Crippen LogP contribution in [0.15, 0.2) is 24.3 Å². The van der Waals surface area contributed by atoms with Crippen molar-refractivity contribution in [3.63, 3.8) is 0 Å². The number of halogens is 1. The van der Waals surface area contributed by atoms with Crippen molar-refractivity contribution in [2.75, 3.05) is 39.3 Å². The van der Waals surface area contributed by atoms with E-state index in [9.17, 15) is 9.59 Å². The molecule has 7 heteroatoms. The first-order chi connectivity index (χ1) is 11.6. The molecule has 0 saturated carbocycles. The summed E-state index contributed by atoms with van der Waals surface area (Å²) in [4.78, 5) is 27.5. The monoisotopic (exact) mass is 353 g/mol. The summed E-state index contributed by atoms with van der Waals surface area (Å²) in [7, 11) is 0. The topological polar surface area (TPSA) is 61.9 Å². The molecule has 1 aliphatic heterocycles. The Hall–Kier alpha value is -1.79. The lowest BCUT2D eigenvalue weighted by Crippen LogP contribution is -2.48. The Balaban J connectivity index is 1.68. The number of alkyl carbamates (subject to hydrolysis) is 1. The molecule has 1 N–H and O–H groups in total. The van der Waals surface area contributed by atoms with Crippen LogP contribution >= 0.6 is 11.6 Å². The van der Waals surface area contributed by atoms with Crippen LogP contribution in [-0.4, -0.2) is 61.1 Å². The average Bonchev–Trinajstić information content (AvgIpc) is 2.56. The van der Waals surface area contributed by atoms with Gasteiger partial charge in [-0.3, -0.25) is 9.69 Å². The molecule has 132 valence electrons. The summed E-state index contributed by atoms with van der Waals surface area (Å²) in [5, 5.41) is 3.31. The number of piperazine rings is 1. The Labute approximate surface area is 147 Å². The molecule has 0 radical (unpaired) electrons. The maximum atomic E-state index is 12.1. The Morgan fingerprint density at radius 2 is 2.00 bits per heavy atom. The van der Waals surface area contributed by atoms with Crippen molar-refractivity contribution in [3.05, 3.63) is 34.9 Å². The molecule has 2 amide bonds. The lowest BCUT2D eigenvalue weighted by atomic mass is 10.2. The van der Waals surface area contributed by atoms with Crippen molar-refractivity contribution in [2.24, 2.45) is 0 Å². The minimum atomic E-state index is -0.475. The van der Waals surface area contributed by atoms with E-state index in [1.54, 1.807) is 6.92 Å². The van der Waals surface area contributed by atoms with Crippen LogP contribution in [0.1, 0.15) is 18.9 Å². The molecule has 0 atom stereocenters. The third-order valence-electron chi connectivity index (χ3n) is 3.90. The Bertz CT molecular complexity index is 560. The third-order valence-corrected chi connectivity index (χ3v) is 4.14. The van der Waals surface area contributed by atoms with Crippen molar-refractivity contribution in [1.82, 2.24) is 15.1 Å². The molecule has 0 aliphatic carbocycles. The second kappa shape index (κ2) is 9.49. The first-order valence-electron chi connectivity index (χ1n) is 8.23. The number of ether oxygens (including phenoxy) is 1. The zero-order chi connectivity index (χ0) is 17.4. The van der Waals surface area contributed by atoms with Crippen LogP contribution < -0.4 is 5.32 Å². The minimum Gasteiger partial charge on any atom is -0.450 e. The van der Waals surface area contributed by atoms with Gasteiger partial charge in [-0.2, -0.15) is 0 Å². The predicted octanol–water partition coefficient (Wildman–Crippen LogP) is 2.12. The summed E-state index contributed by atoms with van der Waals surface area (Å²) in [6.07, 6.45) is -0.177. The van der Waals surface area contributed by atoms with Crippen molar-refractivity contribution >= 4 is 23.6 Å². The summed E-state index contributed by atoms with van der Waals surface area (Å²) in [6.45, 7) is 6.31. The number of nitrogens with one attached hydrogen (secondary N) is 1. The second-order valence-electron chi connectivity index (χ2n) is 5.68. The predicted molar refractivity (Wildman–Crippen MR) is 93.0 cm³/mol. The van der Waals surface area contributed by atoms with Crippen molar-refractivity contribution in [1.29, 1.82) is 0 Å². The number of rotatable bonds is 6. The highest BCUT2D eigenvalue weighted by Gasteiger charge is 2.21. The van der Waals surface area contributed by atoms with Crippen LogP contribution in [0.25, 0.3) is 0 Å². The van der Waals surface area contributed by atoms with Crippen molar-refractivity contribution in [2.45, 2.75) is 19.9 Å². The van der Waals surface area contributed by atoms with Gasteiger partial charge < -0.3 is 15.0 Å². The van der Waals surface area contributed by atoms with E-state index in [1.807, 2.05) is 23.1 Å². The molecule has 1 aromatic rings. The van der Waals surface area contributed by atoms with E-state index in [0.717, 1.165) is 24.7 Å².